The third-order valence-electron chi connectivity index (χ3n) is 3.81. The summed E-state index contributed by atoms with van der Waals surface area (Å²) in [7, 11) is -2.32. The Balaban J connectivity index is 2.19. The van der Waals surface area contributed by atoms with E-state index in [0.29, 0.717) is 13.2 Å². The topological polar surface area (TPSA) is 114 Å². The predicted octanol–water partition coefficient (Wildman–Crippen LogP) is -0.418. The van der Waals surface area contributed by atoms with Crippen molar-refractivity contribution in [3.63, 3.8) is 0 Å². The second-order valence-electron chi connectivity index (χ2n) is 5.62. The van der Waals surface area contributed by atoms with E-state index in [9.17, 15) is 18.0 Å². The number of sulfonamides is 1. The number of carbonyl (C=O) groups excluding carboxylic acids is 2. The molecule has 0 bridgehead atoms. The number of hydrogen-bond acceptors (Lipinski definition) is 6. The standard InChI is InChI=1S/C16H23N3O6S/c1-12(20)17-5-6-18-16(21)14-11-13(3-4-15(14)24-2)26(22,23)19-7-9-25-10-8-19/h3-4,11H,5-10H2,1-2H3,(H,17,20)(H,18,21). The Labute approximate surface area is 152 Å². The molecule has 1 aliphatic rings. The van der Waals surface area contributed by atoms with Crippen molar-refractivity contribution in [2.75, 3.05) is 46.5 Å². The summed E-state index contributed by atoms with van der Waals surface area (Å²) in [5, 5.41) is 5.19. The number of nitrogens with one attached hydrogen (secondary N) is 2. The van der Waals surface area contributed by atoms with Gasteiger partial charge in [-0.15, -0.1) is 0 Å². The minimum atomic E-state index is -3.72. The number of carbonyl (C=O) groups is 2. The second-order valence-corrected chi connectivity index (χ2v) is 7.56. The fourth-order valence-corrected chi connectivity index (χ4v) is 3.91. The van der Waals surface area contributed by atoms with Gasteiger partial charge in [0.15, 0.2) is 0 Å². The number of morpholine rings is 1. The molecule has 10 heteroatoms. The monoisotopic (exact) mass is 385 g/mol. The molecule has 1 saturated heterocycles. The molecule has 2 rings (SSSR count). The van der Waals surface area contributed by atoms with Gasteiger partial charge in [0.2, 0.25) is 15.9 Å². The van der Waals surface area contributed by atoms with Crippen molar-refractivity contribution in [2.45, 2.75) is 11.8 Å². The third-order valence-corrected chi connectivity index (χ3v) is 5.70. The van der Waals surface area contributed by atoms with E-state index in [0.717, 1.165) is 0 Å². The maximum Gasteiger partial charge on any atom is 0.255 e. The molecule has 0 unspecified atom stereocenters. The van der Waals surface area contributed by atoms with E-state index in [1.807, 2.05) is 0 Å². The molecular weight excluding hydrogens is 362 g/mol. The van der Waals surface area contributed by atoms with Gasteiger partial charge in [-0.1, -0.05) is 0 Å². The van der Waals surface area contributed by atoms with Crippen molar-refractivity contribution in [3.05, 3.63) is 23.8 Å². The highest BCUT2D eigenvalue weighted by Gasteiger charge is 2.28. The van der Waals surface area contributed by atoms with E-state index in [2.05, 4.69) is 10.6 Å². The molecule has 2 amide bonds. The first kappa shape index (κ1) is 20.1. The third kappa shape index (κ3) is 4.93. The number of benzene rings is 1. The van der Waals surface area contributed by atoms with Crippen molar-refractivity contribution >= 4 is 21.8 Å². The average molecular weight is 385 g/mol. The van der Waals surface area contributed by atoms with E-state index >= 15 is 0 Å². The van der Waals surface area contributed by atoms with Crippen LogP contribution in [0.4, 0.5) is 0 Å². The van der Waals surface area contributed by atoms with Crippen LogP contribution in [0.2, 0.25) is 0 Å². The Kier molecular flexibility index (Phi) is 6.95. The fourth-order valence-electron chi connectivity index (χ4n) is 2.47. The first-order valence-electron chi connectivity index (χ1n) is 8.15. The van der Waals surface area contributed by atoms with Crippen LogP contribution in [-0.2, 0) is 19.6 Å². The SMILES string of the molecule is COc1ccc(S(=O)(=O)N2CCOCC2)cc1C(=O)NCCNC(C)=O. The summed E-state index contributed by atoms with van der Waals surface area (Å²) in [6, 6.07) is 4.17. The number of hydrogen-bond donors (Lipinski definition) is 2. The molecule has 0 saturated carbocycles. The van der Waals surface area contributed by atoms with Crippen molar-refractivity contribution in [1.82, 2.24) is 14.9 Å². The Bertz CT molecular complexity index is 759. The highest BCUT2D eigenvalue weighted by molar-refractivity contribution is 7.89. The Morgan fingerprint density at radius 1 is 1.19 bits per heavy atom. The first-order chi connectivity index (χ1) is 12.4. The molecule has 1 heterocycles. The van der Waals surface area contributed by atoms with Gasteiger partial charge in [-0.3, -0.25) is 9.59 Å². The fraction of sp³-hybridized carbons (Fsp3) is 0.500. The number of nitrogens with zero attached hydrogens (tertiary/aromatic N) is 1. The van der Waals surface area contributed by atoms with Gasteiger partial charge in [0.05, 0.1) is 30.8 Å². The van der Waals surface area contributed by atoms with Crippen LogP contribution in [0.25, 0.3) is 0 Å². The zero-order valence-electron chi connectivity index (χ0n) is 14.8. The molecule has 0 aromatic heterocycles. The molecule has 0 spiro atoms. The van der Waals surface area contributed by atoms with Crippen molar-refractivity contribution < 1.29 is 27.5 Å². The summed E-state index contributed by atoms with van der Waals surface area (Å²) < 4.78 is 37.2. The van der Waals surface area contributed by atoms with E-state index < -0.39 is 15.9 Å². The Morgan fingerprint density at radius 3 is 2.46 bits per heavy atom. The minimum absolute atomic E-state index is 0.0206. The molecule has 144 valence electrons. The lowest BCUT2D eigenvalue weighted by atomic mass is 10.2. The van der Waals surface area contributed by atoms with Crippen LogP contribution in [0.3, 0.4) is 0 Å². The molecule has 1 aliphatic heterocycles. The van der Waals surface area contributed by atoms with Crippen molar-refractivity contribution in [2.24, 2.45) is 0 Å². The lowest BCUT2D eigenvalue weighted by Crippen LogP contribution is -2.40. The quantitative estimate of drug-likeness (QED) is 0.617. The Morgan fingerprint density at radius 2 is 1.85 bits per heavy atom. The van der Waals surface area contributed by atoms with Gasteiger partial charge < -0.3 is 20.1 Å². The smallest absolute Gasteiger partial charge is 0.255 e. The molecule has 1 fully saturated rings. The summed E-state index contributed by atoms with van der Waals surface area (Å²) >= 11 is 0. The number of ether oxygens (including phenoxy) is 2. The molecule has 0 radical (unpaired) electrons. The van der Waals surface area contributed by atoms with Crippen LogP contribution >= 0.6 is 0 Å². The van der Waals surface area contributed by atoms with E-state index in [1.54, 1.807) is 0 Å². The molecule has 0 atom stereocenters. The van der Waals surface area contributed by atoms with Gasteiger partial charge in [0.1, 0.15) is 5.75 Å². The summed E-state index contributed by atoms with van der Waals surface area (Å²) in [4.78, 5) is 23.3. The summed E-state index contributed by atoms with van der Waals surface area (Å²) in [5.41, 5.74) is 0.115. The largest absolute Gasteiger partial charge is 0.496 e. The number of amides is 2. The number of methoxy groups -OCH3 is 1. The first-order valence-corrected chi connectivity index (χ1v) is 9.59. The lowest BCUT2D eigenvalue weighted by molar-refractivity contribution is -0.118. The maximum absolute atomic E-state index is 12.7. The van der Waals surface area contributed by atoms with Crippen LogP contribution in [0, 0.1) is 0 Å². The van der Waals surface area contributed by atoms with Crippen LogP contribution in [0.15, 0.2) is 23.1 Å². The summed E-state index contributed by atoms with van der Waals surface area (Å²) in [6.07, 6.45) is 0. The molecule has 26 heavy (non-hydrogen) atoms. The second kappa shape index (κ2) is 8.97. The van der Waals surface area contributed by atoms with Crippen molar-refractivity contribution in [1.29, 1.82) is 0 Å². The van der Waals surface area contributed by atoms with E-state index in [4.69, 9.17) is 9.47 Å². The van der Waals surface area contributed by atoms with Gasteiger partial charge in [-0.05, 0) is 18.2 Å². The molecule has 9 nitrogen and oxygen atoms in total. The summed E-state index contributed by atoms with van der Waals surface area (Å²) in [5.74, 6) is -0.412. The zero-order chi connectivity index (χ0) is 19.2. The normalized spacial score (nSPS) is 15.3. The van der Waals surface area contributed by atoms with Gasteiger partial charge in [0, 0.05) is 33.1 Å². The highest BCUT2D eigenvalue weighted by Crippen LogP contribution is 2.25. The van der Waals surface area contributed by atoms with Gasteiger partial charge in [0.25, 0.3) is 5.91 Å². The van der Waals surface area contributed by atoms with Gasteiger partial charge in [-0.25, -0.2) is 8.42 Å². The zero-order valence-corrected chi connectivity index (χ0v) is 15.6. The molecular formula is C16H23N3O6S. The Hall–Kier alpha value is -2.17. The molecule has 2 N–H and O–H groups in total. The average Bonchev–Trinajstić information content (AvgIpc) is 2.65. The predicted molar refractivity (Wildman–Crippen MR) is 93.6 cm³/mol. The van der Waals surface area contributed by atoms with E-state index in [1.165, 1.54) is 36.5 Å². The highest BCUT2D eigenvalue weighted by atomic mass is 32.2. The van der Waals surface area contributed by atoms with Crippen LogP contribution in [-0.4, -0.2) is 71.0 Å². The molecule has 1 aromatic rings. The minimum Gasteiger partial charge on any atom is -0.496 e. The van der Waals surface area contributed by atoms with Crippen molar-refractivity contribution in [3.8, 4) is 5.75 Å². The molecule has 1 aromatic carbocycles. The van der Waals surface area contributed by atoms with Crippen LogP contribution in [0.5, 0.6) is 5.75 Å². The lowest BCUT2D eigenvalue weighted by Gasteiger charge is -2.26. The van der Waals surface area contributed by atoms with Crippen LogP contribution in [0.1, 0.15) is 17.3 Å². The number of rotatable bonds is 7. The van der Waals surface area contributed by atoms with Gasteiger partial charge in [-0.2, -0.15) is 4.31 Å². The molecule has 0 aliphatic carbocycles. The summed E-state index contributed by atoms with van der Waals surface area (Å²) in [6.45, 7) is 3.08. The van der Waals surface area contributed by atoms with E-state index in [-0.39, 0.29) is 48.3 Å². The van der Waals surface area contributed by atoms with Crippen LogP contribution < -0.4 is 15.4 Å². The van der Waals surface area contributed by atoms with Gasteiger partial charge >= 0.3 is 0 Å². The maximum atomic E-state index is 12.7.